The molecule has 2 N–H and O–H groups in total. The molecule has 0 saturated carbocycles. The minimum Gasteiger partial charge on any atom is -0.330 e. The van der Waals surface area contributed by atoms with Crippen molar-refractivity contribution in [3.63, 3.8) is 0 Å². The Morgan fingerprint density at radius 3 is 3.07 bits per heavy atom. The summed E-state index contributed by atoms with van der Waals surface area (Å²) in [5.41, 5.74) is 8.75. The summed E-state index contributed by atoms with van der Waals surface area (Å²) in [5.74, 6) is 1.29. The van der Waals surface area contributed by atoms with Gasteiger partial charge in [-0.2, -0.15) is 0 Å². The lowest BCUT2D eigenvalue weighted by atomic mass is 9.89. The fraction of sp³-hybridized carbons (Fsp3) is 0.500. The van der Waals surface area contributed by atoms with Crippen LogP contribution in [0, 0.1) is 5.92 Å². The van der Waals surface area contributed by atoms with E-state index >= 15 is 0 Å². The van der Waals surface area contributed by atoms with Crippen molar-refractivity contribution in [3.8, 4) is 0 Å². The first-order valence-electron chi connectivity index (χ1n) is 5.20. The molecule has 0 amide bonds. The summed E-state index contributed by atoms with van der Waals surface area (Å²) in [6.45, 7) is 3.04. The molecule has 0 aliphatic heterocycles. The Morgan fingerprint density at radius 2 is 2.36 bits per heavy atom. The van der Waals surface area contributed by atoms with E-state index in [1.54, 1.807) is 0 Å². The van der Waals surface area contributed by atoms with Crippen LogP contribution >= 0.6 is 15.9 Å². The van der Waals surface area contributed by atoms with Gasteiger partial charge in [-0.05, 0) is 54.5 Å². The molecule has 2 rings (SSSR count). The third-order valence-electron chi connectivity index (χ3n) is 3.29. The standard InChI is InChI=1S/C12H16BrN/c1-8(7-14)11-4-2-9-6-10(13)3-5-12(9)11/h3,5-6,8,11H,2,4,7,14H2,1H3. The molecule has 0 fully saturated rings. The van der Waals surface area contributed by atoms with Crippen LogP contribution in [0.25, 0.3) is 0 Å². The summed E-state index contributed by atoms with van der Waals surface area (Å²) >= 11 is 3.51. The Balaban J connectivity index is 2.31. The van der Waals surface area contributed by atoms with Gasteiger partial charge in [-0.25, -0.2) is 0 Å². The summed E-state index contributed by atoms with van der Waals surface area (Å²) in [7, 11) is 0. The van der Waals surface area contributed by atoms with Gasteiger partial charge in [-0.1, -0.05) is 28.9 Å². The molecule has 0 saturated heterocycles. The lowest BCUT2D eigenvalue weighted by Crippen LogP contribution is -2.17. The van der Waals surface area contributed by atoms with E-state index in [0.29, 0.717) is 11.8 Å². The summed E-state index contributed by atoms with van der Waals surface area (Å²) in [6.07, 6.45) is 2.48. The zero-order chi connectivity index (χ0) is 10.1. The van der Waals surface area contributed by atoms with Crippen molar-refractivity contribution >= 4 is 15.9 Å². The fourth-order valence-electron chi connectivity index (χ4n) is 2.37. The number of benzene rings is 1. The molecule has 1 aliphatic carbocycles. The van der Waals surface area contributed by atoms with E-state index in [2.05, 4.69) is 41.1 Å². The van der Waals surface area contributed by atoms with E-state index in [9.17, 15) is 0 Å². The Hall–Kier alpha value is -0.340. The van der Waals surface area contributed by atoms with E-state index in [-0.39, 0.29) is 0 Å². The molecule has 0 bridgehead atoms. The van der Waals surface area contributed by atoms with Crippen LogP contribution in [0.15, 0.2) is 22.7 Å². The van der Waals surface area contributed by atoms with Crippen molar-refractivity contribution in [2.75, 3.05) is 6.54 Å². The topological polar surface area (TPSA) is 26.0 Å². The average molecular weight is 254 g/mol. The maximum absolute atomic E-state index is 5.73. The molecule has 0 radical (unpaired) electrons. The van der Waals surface area contributed by atoms with Crippen LogP contribution in [0.4, 0.5) is 0 Å². The molecule has 1 aliphatic rings. The minimum atomic E-state index is 0.609. The lowest BCUT2D eigenvalue weighted by Gasteiger charge is -2.18. The first-order valence-corrected chi connectivity index (χ1v) is 6.00. The molecule has 76 valence electrons. The van der Waals surface area contributed by atoms with Gasteiger partial charge in [0.1, 0.15) is 0 Å². The van der Waals surface area contributed by atoms with E-state index < -0.39 is 0 Å². The molecule has 0 aromatic heterocycles. The van der Waals surface area contributed by atoms with Gasteiger partial charge in [-0.15, -0.1) is 0 Å². The Morgan fingerprint density at radius 1 is 1.57 bits per heavy atom. The second-order valence-corrected chi connectivity index (χ2v) is 5.12. The number of rotatable bonds is 2. The van der Waals surface area contributed by atoms with Gasteiger partial charge < -0.3 is 5.73 Å². The second kappa shape index (κ2) is 4.03. The number of halogens is 1. The van der Waals surface area contributed by atoms with E-state index in [4.69, 9.17) is 5.73 Å². The van der Waals surface area contributed by atoms with Crippen molar-refractivity contribution < 1.29 is 0 Å². The van der Waals surface area contributed by atoms with Gasteiger partial charge in [0.2, 0.25) is 0 Å². The van der Waals surface area contributed by atoms with Crippen molar-refractivity contribution in [1.82, 2.24) is 0 Å². The molecule has 2 atom stereocenters. The zero-order valence-electron chi connectivity index (χ0n) is 8.46. The van der Waals surface area contributed by atoms with E-state index in [1.165, 1.54) is 28.4 Å². The predicted molar refractivity (Wildman–Crippen MR) is 63.4 cm³/mol. The van der Waals surface area contributed by atoms with Gasteiger partial charge >= 0.3 is 0 Å². The number of nitrogens with two attached hydrogens (primary N) is 1. The molecule has 2 unspecified atom stereocenters. The molecule has 0 spiro atoms. The van der Waals surface area contributed by atoms with Crippen LogP contribution in [0.3, 0.4) is 0 Å². The highest BCUT2D eigenvalue weighted by molar-refractivity contribution is 9.10. The summed E-state index contributed by atoms with van der Waals surface area (Å²) in [5, 5.41) is 0. The zero-order valence-corrected chi connectivity index (χ0v) is 10.0. The normalized spacial score (nSPS) is 22.1. The van der Waals surface area contributed by atoms with Gasteiger partial charge in [0, 0.05) is 4.47 Å². The molecular formula is C12H16BrN. The largest absolute Gasteiger partial charge is 0.330 e. The van der Waals surface area contributed by atoms with Gasteiger partial charge in [0.05, 0.1) is 0 Å². The van der Waals surface area contributed by atoms with Gasteiger partial charge in [0.25, 0.3) is 0 Å². The first kappa shape index (κ1) is 10.2. The molecule has 1 aromatic rings. The van der Waals surface area contributed by atoms with Gasteiger partial charge in [0.15, 0.2) is 0 Å². The maximum Gasteiger partial charge on any atom is 0.0178 e. The van der Waals surface area contributed by atoms with Crippen molar-refractivity contribution in [3.05, 3.63) is 33.8 Å². The maximum atomic E-state index is 5.73. The number of hydrogen-bond acceptors (Lipinski definition) is 1. The van der Waals surface area contributed by atoms with Crippen molar-refractivity contribution in [2.24, 2.45) is 11.7 Å². The first-order chi connectivity index (χ1) is 6.72. The molecule has 1 nitrogen and oxygen atoms in total. The van der Waals surface area contributed by atoms with Crippen LogP contribution in [0.2, 0.25) is 0 Å². The second-order valence-electron chi connectivity index (χ2n) is 4.20. The number of aryl methyl sites for hydroxylation is 1. The third kappa shape index (κ3) is 1.73. The Labute approximate surface area is 93.8 Å². The lowest BCUT2D eigenvalue weighted by molar-refractivity contribution is 0.466. The van der Waals surface area contributed by atoms with Crippen LogP contribution in [0.5, 0.6) is 0 Å². The monoisotopic (exact) mass is 253 g/mol. The summed E-state index contributed by atoms with van der Waals surface area (Å²) in [4.78, 5) is 0. The molecule has 14 heavy (non-hydrogen) atoms. The highest BCUT2D eigenvalue weighted by Crippen LogP contribution is 2.38. The quantitative estimate of drug-likeness (QED) is 0.862. The molecule has 1 aromatic carbocycles. The molecular weight excluding hydrogens is 238 g/mol. The smallest absolute Gasteiger partial charge is 0.0178 e. The number of hydrogen-bond donors (Lipinski definition) is 1. The SMILES string of the molecule is CC(CN)C1CCc2cc(Br)ccc21. The van der Waals surface area contributed by atoms with Crippen LogP contribution in [-0.4, -0.2) is 6.54 Å². The minimum absolute atomic E-state index is 0.609. The molecule has 0 heterocycles. The van der Waals surface area contributed by atoms with Crippen LogP contribution in [-0.2, 0) is 6.42 Å². The summed E-state index contributed by atoms with van der Waals surface area (Å²) in [6, 6.07) is 6.64. The molecule has 2 heteroatoms. The Kier molecular flexibility index (Phi) is 2.93. The Bertz CT molecular complexity index is 335. The third-order valence-corrected chi connectivity index (χ3v) is 3.78. The van der Waals surface area contributed by atoms with Crippen molar-refractivity contribution in [2.45, 2.75) is 25.7 Å². The highest BCUT2D eigenvalue weighted by atomic mass is 79.9. The summed E-state index contributed by atoms with van der Waals surface area (Å²) < 4.78 is 1.19. The van der Waals surface area contributed by atoms with Gasteiger partial charge in [-0.3, -0.25) is 0 Å². The van der Waals surface area contributed by atoms with Crippen molar-refractivity contribution in [1.29, 1.82) is 0 Å². The number of fused-ring (bicyclic) bond motifs is 1. The van der Waals surface area contributed by atoms with E-state index in [1.807, 2.05) is 0 Å². The predicted octanol–water partition coefficient (Wildman–Crippen LogP) is 3.07. The highest BCUT2D eigenvalue weighted by Gasteiger charge is 2.26. The fourth-order valence-corrected chi connectivity index (χ4v) is 2.78. The van der Waals surface area contributed by atoms with E-state index in [0.717, 1.165) is 6.54 Å². The average Bonchev–Trinajstić information content (AvgIpc) is 2.59. The van der Waals surface area contributed by atoms with Crippen LogP contribution < -0.4 is 5.73 Å². The van der Waals surface area contributed by atoms with Crippen LogP contribution in [0.1, 0.15) is 30.4 Å².